The lowest BCUT2D eigenvalue weighted by atomic mass is 10.3. The number of anilines is 2. The normalized spacial score (nSPS) is 11.5. The molecule has 24 heavy (non-hydrogen) atoms. The standard InChI is InChI=1S/C14H16BrN3O4S2/c1-8(2)18-24(21,22)13-12(19)11(7-23-13)17-14(20)16-10-6-4-3-5-9(10)15/h3-8,18-19H,1-2H3,(H2,16,17,20). The van der Waals surface area contributed by atoms with Crippen LogP contribution in [0.4, 0.5) is 16.2 Å². The molecular formula is C14H16BrN3O4S2. The molecule has 0 aliphatic heterocycles. The zero-order chi connectivity index (χ0) is 17.9. The molecule has 0 aliphatic rings. The summed E-state index contributed by atoms with van der Waals surface area (Å²) in [6.45, 7) is 3.35. The van der Waals surface area contributed by atoms with Crippen molar-refractivity contribution in [1.29, 1.82) is 0 Å². The molecule has 1 heterocycles. The van der Waals surface area contributed by atoms with Crippen molar-refractivity contribution in [2.24, 2.45) is 0 Å². The molecule has 0 spiro atoms. The lowest BCUT2D eigenvalue weighted by Crippen LogP contribution is -2.29. The Morgan fingerprint density at radius 2 is 1.83 bits per heavy atom. The van der Waals surface area contributed by atoms with Gasteiger partial charge in [0.25, 0.3) is 10.0 Å². The van der Waals surface area contributed by atoms with E-state index in [4.69, 9.17) is 0 Å². The van der Waals surface area contributed by atoms with Gasteiger partial charge in [-0.3, -0.25) is 0 Å². The maximum absolute atomic E-state index is 12.1. The quantitative estimate of drug-likeness (QED) is 0.577. The number of carbonyl (C=O) groups is 1. The summed E-state index contributed by atoms with van der Waals surface area (Å²) in [5.74, 6) is -0.490. The van der Waals surface area contributed by atoms with Gasteiger partial charge < -0.3 is 15.7 Å². The molecule has 0 saturated carbocycles. The Morgan fingerprint density at radius 1 is 1.21 bits per heavy atom. The van der Waals surface area contributed by atoms with Gasteiger partial charge >= 0.3 is 6.03 Å². The number of hydrogen-bond donors (Lipinski definition) is 4. The van der Waals surface area contributed by atoms with Gasteiger partial charge in [0.15, 0.2) is 9.96 Å². The molecular weight excluding hydrogens is 418 g/mol. The molecule has 7 nitrogen and oxygen atoms in total. The van der Waals surface area contributed by atoms with E-state index in [0.717, 1.165) is 11.3 Å². The molecule has 0 aliphatic carbocycles. The highest BCUT2D eigenvalue weighted by Crippen LogP contribution is 2.37. The van der Waals surface area contributed by atoms with E-state index >= 15 is 0 Å². The predicted octanol–water partition coefficient (Wildman–Crippen LogP) is 3.55. The fraction of sp³-hybridized carbons (Fsp3) is 0.214. The van der Waals surface area contributed by atoms with Crippen LogP contribution in [0.3, 0.4) is 0 Å². The summed E-state index contributed by atoms with van der Waals surface area (Å²) in [4.78, 5) is 12.0. The fourth-order valence-electron chi connectivity index (χ4n) is 1.82. The third-order valence-corrected chi connectivity index (χ3v) is 6.60. The van der Waals surface area contributed by atoms with Gasteiger partial charge in [0.2, 0.25) is 0 Å². The number of amides is 2. The average molecular weight is 434 g/mol. The number of carbonyl (C=O) groups excluding carboxylic acids is 1. The van der Waals surface area contributed by atoms with Crippen molar-refractivity contribution in [1.82, 2.24) is 4.72 Å². The topological polar surface area (TPSA) is 108 Å². The highest BCUT2D eigenvalue weighted by Gasteiger charge is 2.25. The number of para-hydroxylation sites is 1. The molecule has 130 valence electrons. The molecule has 2 amide bonds. The van der Waals surface area contributed by atoms with Gasteiger partial charge in [-0.05, 0) is 41.9 Å². The molecule has 0 bridgehead atoms. The second-order valence-electron chi connectivity index (χ2n) is 5.12. The Kier molecular flexibility index (Phi) is 5.86. The Balaban J connectivity index is 2.14. The summed E-state index contributed by atoms with van der Waals surface area (Å²) >= 11 is 4.12. The van der Waals surface area contributed by atoms with Gasteiger partial charge in [0, 0.05) is 15.9 Å². The van der Waals surface area contributed by atoms with E-state index in [2.05, 4.69) is 31.3 Å². The molecule has 0 atom stereocenters. The van der Waals surface area contributed by atoms with Crippen molar-refractivity contribution in [3.05, 3.63) is 34.1 Å². The summed E-state index contributed by atoms with van der Waals surface area (Å²) in [6.07, 6.45) is 0. The molecule has 0 fully saturated rings. The van der Waals surface area contributed by atoms with E-state index in [1.807, 2.05) is 0 Å². The van der Waals surface area contributed by atoms with Crippen LogP contribution in [0, 0.1) is 0 Å². The fourth-order valence-corrected chi connectivity index (χ4v) is 4.70. The van der Waals surface area contributed by atoms with Crippen molar-refractivity contribution in [3.63, 3.8) is 0 Å². The third kappa shape index (κ3) is 4.47. The number of hydrogen-bond acceptors (Lipinski definition) is 5. The van der Waals surface area contributed by atoms with E-state index < -0.39 is 21.8 Å². The SMILES string of the molecule is CC(C)NS(=O)(=O)c1scc(NC(=O)Nc2ccccc2Br)c1O. The van der Waals surface area contributed by atoms with Crippen LogP contribution in [-0.4, -0.2) is 25.6 Å². The maximum Gasteiger partial charge on any atom is 0.323 e. The number of aromatic hydroxyl groups is 1. The van der Waals surface area contributed by atoms with Crippen LogP contribution in [-0.2, 0) is 10.0 Å². The molecule has 10 heteroatoms. The predicted molar refractivity (Wildman–Crippen MR) is 98.2 cm³/mol. The van der Waals surface area contributed by atoms with Crippen LogP contribution in [0.5, 0.6) is 5.75 Å². The Labute approximate surface area is 152 Å². The molecule has 0 unspecified atom stereocenters. The van der Waals surface area contributed by atoms with Gasteiger partial charge in [0.1, 0.15) is 0 Å². The first-order valence-electron chi connectivity index (χ1n) is 6.86. The first kappa shape index (κ1) is 18.7. The second-order valence-corrected chi connectivity index (χ2v) is 8.76. The monoisotopic (exact) mass is 433 g/mol. The largest absolute Gasteiger partial charge is 0.504 e. The van der Waals surface area contributed by atoms with Crippen molar-refractivity contribution in [2.75, 3.05) is 10.6 Å². The lowest BCUT2D eigenvalue weighted by Gasteiger charge is -2.09. The first-order chi connectivity index (χ1) is 11.2. The van der Waals surface area contributed by atoms with Crippen molar-refractivity contribution >= 4 is 54.7 Å². The summed E-state index contributed by atoms with van der Waals surface area (Å²) in [7, 11) is -3.83. The third-order valence-electron chi connectivity index (χ3n) is 2.74. The minimum atomic E-state index is -3.83. The summed E-state index contributed by atoms with van der Waals surface area (Å²) in [6, 6.07) is 6.10. The number of urea groups is 1. The van der Waals surface area contributed by atoms with Crippen LogP contribution in [0.15, 0.2) is 38.3 Å². The molecule has 4 N–H and O–H groups in total. The van der Waals surface area contributed by atoms with Gasteiger partial charge in [0.05, 0.1) is 11.4 Å². The molecule has 0 radical (unpaired) electrons. The van der Waals surface area contributed by atoms with Gasteiger partial charge in [-0.2, -0.15) is 0 Å². The van der Waals surface area contributed by atoms with Crippen LogP contribution in [0.25, 0.3) is 0 Å². The summed E-state index contributed by atoms with van der Waals surface area (Å²) < 4.78 is 27.0. The molecule has 2 rings (SSSR count). The first-order valence-corrected chi connectivity index (χ1v) is 10.0. The zero-order valence-corrected chi connectivity index (χ0v) is 16.0. The van der Waals surface area contributed by atoms with E-state index in [1.165, 1.54) is 5.38 Å². The van der Waals surface area contributed by atoms with Gasteiger partial charge in [-0.15, -0.1) is 11.3 Å². The number of halogens is 1. The van der Waals surface area contributed by atoms with Gasteiger partial charge in [-0.1, -0.05) is 12.1 Å². The van der Waals surface area contributed by atoms with Crippen LogP contribution >= 0.6 is 27.3 Å². The van der Waals surface area contributed by atoms with Crippen LogP contribution < -0.4 is 15.4 Å². The zero-order valence-electron chi connectivity index (χ0n) is 12.8. The second kappa shape index (κ2) is 7.51. The lowest BCUT2D eigenvalue weighted by molar-refractivity contribution is 0.262. The van der Waals surface area contributed by atoms with E-state index in [1.54, 1.807) is 38.1 Å². The molecule has 1 aromatic heterocycles. The summed E-state index contributed by atoms with van der Waals surface area (Å²) in [5, 5.41) is 16.5. The Bertz CT molecular complexity index is 849. The molecule has 0 saturated heterocycles. The number of benzene rings is 1. The summed E-state index contributed by atoms with van der Waals surface area (Å²) in [5.41, 5.74) is 0.563. The minimum absolute atomic E-state index is 0.0219. The highest BCUT2D eigenvalue weighted by atomic mass is 79.9. The van der Waals surface area contributed by atoms with E-state index in [-0.39, 0.29) is 15.9 Å². The maximum atomic E-state index is 12.1. The number of thiophene rings is 1. The number of nitrogens with one attached hydrogen (secondary N) is 3. The minimum Gasteiger partial charge on any atom is -0.504 e. The van der Waals surface area contributed by atoms with Crippen LogP contribution in [0.2, 0.25) is 0 Å². The van der Waals surface area contributed by atoms with E-state index in [9.17, 15) is 18.3 Å². The molecule has 1 aromatic carbocycles. The van der Waals surface area contributed by atoms with Crippen molar-refractivity contribution in [2.45, 2.75) is 24.1 Å². The number of sulfonamides is 1. The Morgan fingerprint density at radius 3 is 2.46 bits per heavy atom. The highest BCUT2D eigenvalue weighted by molar-refractivity contribution is 9.10. The van der Waals surface area contributed by atoms with Gasteiger partial charge in [-0.25, -0.2) is 17.9 Å². The Hall–Kier alpha value is -1.62. The molecule has 2 aromatic rings. The number of rotatable bonds is 5. The van der Waals surface area contributed by atoms with Crippen LogP contribution in [0.1, 0.15) is 13.8 Å². The van der Waals surface area contributed by atoms with Crippen molar-refractivity contribution < 1.29 is 18.3 Å². The smallest absolute Gasteiger partial charge is 0.323 e. The van der Waals surface area contributed by atoms with Crippen molar-refractivity contribution in [3.8, 4) is 5.75 Å². The average Bonchev–Trinajstić information content (AvgIpc) is 2.82. The van der Waals surface area contributed by atoms with E-state index in [0.29, 0.717) is 10.2 Å².